The zero-order valence-electron chi connectivity index (χ0n) is 20.6. The largest absolute Gasteiger partial charge is 0.507 e. The van der Waals surface area contributed by atoms with Crippen LogP contribution in [0.5, 0.6) is 17.2 Å². The Hall–Kier alpha value is -3.78. The lowest BCUT2D eigenvalue weighted by atomic mass is 9.95. The molecule has 1 amide bonds. The molecule has 186 valence electrons. The van der Waals surface area contributed by atoms with Gasteiger partial charge in [0.1, 0.15) is 18.1 Å². The van der Waals surface area contributed by atoms with Crippen LogP contribution < -0.4 is 14.2 Å². The molecular formula is C27H32N2O6. The number of carbonyl (C=O) groups is 2. The highest BCUT2D eigenvalue weighted by Crippen LogP contribution is 2.42. The Morgan fingerprint density at radius 3 is 2.43 bits per heavy atom. The summed E-state index contributed by atoms with van der Waals surface area (Å²) in [7, 11) is 5.30. The van der Waals surface area contributed by atoms with Gasteiger partial charge in [0.05, 0.1) is 25.3 Å². The van der Waals surface area contributed by atoms with Crippen molar-refractivity contribution in [3.8, 4) is 17.2 Å². The normalized spacial score (nSPS) is 17.1. The number of Topliss-reactive ketones (excluding diaryl/α,β-unsaturated/α-hetero) is 1. The lowest BCUT2D eigenvalue weighted by Crippen LogP contribution is -2.35. The van der Waals surface area contributed by atoms with Crippen LogP contribution in [0.1, 0.15) is 24.1 Å². The van der Waals surface area contributed by atoms with Gasteiger partial charge in [-0.15, -0.1) is 0 Å². The summed E-state index contributed by atoms with van der Waals surface area (Å²) in [6, 6.07) is 11.2. The summed E-state index contributed by atoms with van der Waals surface area (Å²) < 4.78 is 16.6. The first-order chi connectivity index (χ1) is 16.8. The number of methoxy groups -OCH3 is 1. The van der Waals surface area contributed by atoms with Crippen LogP contribution in [-0.4, -0.2) is 74.1 Å². The quantitative estimate of drug-likeness (QED) is 0.227. The van der Waals surface area contributed by atoms with Crippen molar-refractivity contribution in [1.82, 2.24) is 9.80 Å². The number of ketones is 1. The van der Waals surface area contributed by atoms with Crippen molar-refractivity contribution in [2.75, 3.05) is 47.5 Å². The SMILES string of the molecule is C=CCOc1ccc(C2/C(=C(\O)c3ccc(OCC)cc3)C(=O)C(=O)N2CCN(C)C)cc1OC. The number of likely N-dealkylation sites (N-methyl/N-ethyl adjacent to an activating group) is 1. The molecule has 0 bridgehead atoms. The molecule has 1 N–H and O–H groups in total. The summed E-state index contributed by atoms with van der Waals surface area (Å²) >= 11 is 0. The maximum absolute atomic E-state index is 13.2. The Kier molecular flexibility index (Phi) is 8.54. The molecule has 0 aliphatic carbocycles. The second-order valence-corrected chi connectivity index (χ2v) is 8.26. The minimum Gasteiger partial charge on any atom is -0.507 e. The van der Waals surface area contributed by atoms with E-state index in [2.05, 4.69) is 6.58 Å². The Bertz CT molecular complexity index is 1110. The highest BCUT2D eigenvalue weighted by Gasteiger charge is 2.46. The van der Waals surface area contributed by atoms with Gasteiger partial charge in [-0.25, -0.2) is 0 Å². The van der Waals surface area contributed by atoms with Gasteiger partial charge in [-0.2, -0.15) is 0 Å². The Morgan fingerprint density at radius 1 is 1.11 bits per heavy atom. The third-order valence-electron chi connectivity index (χ3n) is 5.63. The molecule has 0 aromatic heterocycles. The van der Waals surface area contributed by atoms with E-state index in [0.29, 0.717) is 54.7 Å². The minimum absolute atomic E-state index is 0.0275. The first-order valence-corrected chi connectivity index (χ1v) is 11.4. The van der Waals surface area contributed by atoms with Gasteiger partial charge in [0.15, 0.2) is 11.5 Å². The molecule has 0 spiro atoms. The van der Waals surface area contributed by atoms with Crippen molar-refractivity contribution in [3.63, 3.8) is 0 Å². The number of aliphatic hydroxyl groups excluding tert-OH is 1. The fraction of sp³-hybridized carbons (Fsp3) is 0.333. The molecular weight excluding hydrogens is 448 g/mol. The van der Waals surface area contributed by atoms with Gasteiger partial charge < -0.3 is 29.1 Å². The lowest BCUT2D eigenvalue weighted by Gasteiger charge is -2.27. The molecule has 1 atom stereocenters. The molecule has 3 rings (SSSR count). The molecule has 1 heterocycles. The van der Waals surface area contributed by atoms with E-state index in [1.807, 2.05) is 25.9 Å². The number of hydrogen-bond acceptors (Lipinski definition) is 7. The van der Waals surface area contributed by atoms with Crippen LogP contribution >= 0.6 is 0 Å². The number of likely N-dealkylation sites (tertiary alicyclic amines) is 1. The number of carbonyl (C=O) groups excluding carboxylic acids is 2. The van der Waals surface area contributed by atoms with Crippen molar-refractivity contribution < 1.29 is 28.9 Å². The molecule has 1 aliphatic heterocycles. The lowest BCUT2D eigenvalue weighted by molar-refractivity contribution is -0.140. The molecule has 1 aliphatic rings. The number of amides is 1. The van der Waals surface area contributed by atoms with Gasteiger partial charge in [-0.3, -0.25) is 9.59 Å². The molecule has 35 heavy (non-hydrogen) atoms. The van der Waals surface area contributed by atoms with E-state index >= 15 is 0 Å². The molecule has 1 fully saturated rings. The zero-order chi connectivity index (χ0) is 25.5. The Morgan fingerprint density at radius 2 is 1.83 bits per heavy atom. The standard InChI is InChI=1S/C27H32N2O6/c1-6-16-35-21-13-10-19(17-22(21)33-5)24-23(26(31)27(32)29(24)15-14-28(3)4)25(30)18-8-11-20(12-9-18)34-7-2/h6,8-13,17,24,30H,1,7,14-16H2,2-5H3/b25-23+. The van der Waals surface area contributed by atoms with Crippen LogP contribution in [-0.2, 0) is 9.59 Å². The van der Waals surface area contributed by atoms with Crippen LogP contribution in [0.15, 0.2) is 60.7 Å². The van der Waals surface area contributed by atoms with E-state index in [9.17, 15) is 14.7 Å². The predicted octanol–water partition coefficient (Wildman–Crippen LogP) is 3.64. The molecule has 0 radical (unpaired) electrons. The summed E-state index contributed by atoms with van der Waals surface area (Å²) in [5.41, 5.74) is 1.07. The van der Waals surface area contributed by atoms with Crippen molar-refractivity contribution >= 4 is 17.4 Å². The van der Waals surface area contributed by atoms with Crippen LogP contribution in [0.3, 0.4) is 0 Å². The highest BCUT2D eigenvalue weighted by atomic mass is 16.5. The zero-order valence-corrected chi connectivity index (χ0v) is 20.6. The summed E-state index contributed by atoms with van der Waals surface area (Å²) in [4.78, 5) is 29.7. The van der Waals surface area contributed by atoms with Gasteiger partial charge in [0, 0.05) is 18.7 Å². The number of rotatable bonds is 11. The van der Waals surface area contributed by atoms with Gasteiger partial charge in [0.2, 0.25) is 0 Å². The smallest absolute Gasteiger partial charge is 0.295 e. The van der Waals surface area contributed by atoms with Crippen molar-refractivity contribution in [1.29, 1.82) is 0 Å². The topological polar surface area (TPSA) is 88.5 Å². The molecule has 0 saturated carbocycles. The maximum Gasteiger partial charge on any atom is 0.295 e. The van der Waals surface area contributed by atoms with E-state index in [1.165, 1.54) is 12.0 Å². The first kappa shape index (κ1) is 25.8. The van der Waals surface area contributed by atoms with E-state index in [0.717, 1.165) is 0 Å². The molecule has 2 aromatic rings. The van der Waals surface area contributed by atoms with Crippen LogP contribution in [0.25, 0.3) is 5.76 Å². The van der Waals surface area contributed by atoms with E-state index < -0.39 is 17.7 Å². The summed E-state index contributed by atoms with van der Waals surface area (Å²) in [6.45, 7) is 7.20. The summed E-state index contributed by atoms with van der Waals surface area (Å²) in [5.74, 6) is -0.0283. The van der Waals surface area contributed by atoms with Gasteiger partial charge in [0.25, 0.3) is 11.7 Å². The average Bonchev–Trinajstić information content (AvgIpc) is 3.11. The molecule has 1 saturated heterocycles. The second-order valence-electron chi connectivity index (χ2n) is 8.26. The summed E-state index contributed by atoms with van der Waals surface area (Å²) in [6.07, 6.45) is 1.63. The maximum atomic E-state index is 13.2. The average molecular weight is 481 g/mol. The fourth-order valence-corrected chi connectivity index (χ4v) is 3.92. The number of hydrogen-bond donors (Lipinski definition) is 1. The highest BCUT2D eigenvalue weighted by molar-refractivity contribution is 6.46. The third-order valence-corrected chi connectivity index (χ3v) is 5.63. The summed E-state index contributed by atoms with van der Waals surface area (Å²) in [5, 5.41) is 11.2. The van der Waals surface area contributed by atoms with Crippen molar-refractivity contribution in [3.05, 3.63) is 71.8 Å². The number of ether oxygens (including phenoxy) is 3. The molecule has 2 aromatic carbocycles. The van der Waals surface area contributed by atoms with Gasteiger partial charge in [-0.1, -0.05) is 18.7 Å². The van der Waals surface area contributed by atoms with E-state index in [1.54, 1.807) is 48.5 Å². The Balaban J connectivity index is 2.12. The second kappa shape index (κ2) is 11.6. The monoisotopic (exact) mass is 480 g/mol. The van der Waals surface area contributed by atoms with E-state index in [-0.39, 0.29) is 11.3 Å². The van der Waals surface area contributed by atoms with Gasteiger partial charge >= 0.3 is 0 Å². The van der Waals surface area contributed by atoms with Crippen molar-refractivity contribution in [2.45, 2.75) is 13.0 Å². The van der Waals surface area contributed by atoms with Crippen LogP contribution in [0, 0.1) is 0 Å². The number of nitrogens with zero attached hydrogens (tertiary/aromatic N) is 2. The van der Waals surface area contributed by atoms with Crippen molar-refractivity contribution in [2.24, 2.45) is 0 Å². The van der Waals surface area contributed by atoms with Crippen LogP contribution in [0.4, 0.5) is 0 Å². The number of benzene rings is 2. The third kappa shape index (κ3) is 5.66. The van der Waals surface area contributed by atoms with E-state index in [4.69, 9.17) is 14.2 Å². The van der Waals surface area contributed by atoms with Crippen LogP contribution in [0.2, 0.25) is 0 Å². The molecule has 8 heteroatoms. The molecule has 8 nitrogen and oxygen atoms in total. The Labute approximate surface area is 206 Å². The van der Waals surface area contributed by atoms with Gasteiger partial charge in [-0.05, 0) is 63.0 Å². The first-order valence-electron chi connectivity index (χ1n) is 11.4. The predicted molar refractivity (Wildman–Crippen MR) is 134 cm³/mol. The number of aliphatic hydroxyl groups is 1. The fourth-order valence-electron chi connectivity index (χ4n) is 3.92. The minimum atomic E-state index is -0.788. The molecule has 1 unspecified atom stereocenters.